The smallest absolute Gasteiger partial charge is 0.470 e. The van der Waals surface area contributed by atoms with Gasteiger partial charge in [-0.25, -0.2) is 4.98 Å². The number of thiazole rings is 1. The second-order valence-electron chi connectivity index (χ2n) is 4.96. The fraction of sp³-hybridized carbons (Fsp3) is 0.750. The van der Waals surface area contributed by atoms with Gasteiger partial charge >= 0.3 is 7.12 Å². The lowest BCUT2D eigenvalue weighted by Gasteiger charge is -2.32. The van der Waals surface area contributed by atoms with Crippen molar-refractivity contribution in [3.63, 3.8) is 0 Å². The minimum absolute atomic E-state index is 0.206. The van der Waals surface area contributed by atoms with Crippen molar-refractivity contribution in [2.24, 2.45) is 0 Å². The van der Waals surface area contributed by atoms with Gasteiger partial charge in [-0.2, -0.15) is 0 Å². The molecule has 0 bridgehead atoms. The Morgan fingerprint density at radius 3 is 2.72 bits per heavy atom. The number of nitrogens with zero attached hydrogens (tertiary/aromatic N) is 1. The Kier molecular flexibility index (Phi) is 1.95. The topological polar surface area (TPSA) is 40.6 Å². The van der Waals surface area contributed by atoms with Crippen LogP contribution in [0.15, 0.2) is 5.38 Å². The molecule has 0 spiro atoms. The zero-order valence-corrected chi connectivity index (χ0v) is 11.6. The summed E-state index contributed by atoms with van der Waals surface area (Å²) >= 11 is 0.907. The Hall–Kier alpha value is -0.585. The molecule has 0 atom stereocenters. The van der Waals surface area contributed by atoms with Gasteiger partial charge in [0.05, 0.1) is 26.1 Å². The molecule has 0 aromatic carbocycles. The third-order valence-electron chi connectivity index (χ3n) is 3.18. The van der Waals surface area contributed by atoms with Crippen LogP contribution in [0.2, 0.25) is 0 Å². The van der Waals surface area contributed by atoms with Crippen LogP contribution in [0.5, 0.6) is 5.19 Å². The summed E-state index contributed by atoms with van der Waals surface area (Å²) in [5.41, 5.74) is -0.797. The Labute approximate surface area is 123 Å². The van der Waals surface area contributed by atoms with E-state index < -0.39 is 38.1 Å². The molecule has 2 heterocycles. The summed E-state index contributed by atoms with van der Waals surface area (Å²) in [5.74, 6) is 0. The Balaban J connectivity index is 2.18. The molecule has 1 saturated heterocycles. The van der Waals surface area contributed by atoms with Crippen LogP contribution in [0.3, 0.4) is 0 Å². The van der Waals surface area contributed by atoms with Crippen LogP contribution in [0.25, 0.3) is 0 Å². The zero-order valence-electron chi connectivity index (χ0n) is 17.7. The van der Waals surface area contributed by atoms with Gasteiger partial charge in [0.2, 0.25) is 0 Å². The number of hydrogen-bond donors (Lipinski definition) is 0. The van der Waals surface area contributed by atoms with Crippen LogP contribution >= 0.6 is 11.3 Å². The summed E-state index contributed by atoms with van der Waals surface area (Å²) in [4.78, 5) is 4.06. The average Bonchev–Trinajstić information content (AvgIpc) is 2.90. The predicted octanol–water partition coefficient (Wildman–Crippen LogP) is 2.23. The molecule has 0 saturated carbocycles. The first-order valence-electron chi connectivity index (χ1n) is 9.00. The Morgan fingerprint density at radius 1 is 1.44 bits per heavy atom. The SMILES string of the molecule is [2H]C([2H])([2H])C([2H])([2H])C([2H])([2H])Oc1nc(B2OC(C)(C)C(C)(C)O2)cs1. The van der Waals surface area contributed by atoms with Gasteiger partial charge in [-0.3, -0.25) is 0 Å². The van der Waals surface area contributed by atoms with Crippen LogP contribution in [0, 0.1) is 0 Å². The van der Waals surface area contributed by atoms with Crippen LogP contribution in [0.4, 0.5) is 0 Å². The van der Waals surface area contributed by atoms with E-state index in [4.69, 9.17) is 23.6 Å². The molecule has 2 rings (SSSR count). The molecule has 1 aliphatic heterocycles. The fourth-order valence-electron chi connectivity index (χ4n) is 1.46. The van der Waals surface area contributed by atoms with E-state index in [-0.39, 0.29) is 5.19 Å². The van der Waals surface area contributed by atoms with Crippen molar-refractivity contribution in [3.8, 4) is 5.19 Å². The van der Waals surface area contributed by atoms with Crippen molar-refractivity contribution in [3.05, 3.63) is 5.38 Å². The molecule has 4 nitrogen and oxygen atoms in total. The third-order valence-corrected chi connectivity index (χ3v) is 3.92. The third kappa shape index (κ3) is 2.55. The van der Waals surface area contributed by atoms with Crippen LogP contribution < -0.4 is 10.3 Å². The first-order valence-corrected chi connectivity index (χ1v) is 6.38. The summed E-state index contributed by atoms with van der Waals surface area (Å²) in [6.07, 6.45) is -3.21. The van der Waals surface area contributed by atoms with E-state index in [1.54, 1.807) is 5.38 Å². The lowest BCUT2D eigenvalue weighted by molar-refractivity contribution is 0.00578. The fourth-order valence-corrected chi connectivity index (χ4v) is 2.09. The minimum Gasteiger partial charge on any atom is -0.470 e. The maximum absolute atomic E-state index is 7.68. The molecule has 1 aromatic heterocycles. The van der Waals surface area contributed by atoms with Crippen molar-refractivity contribution in [1.82, 2.24) is 4.98 Å². The number of aromatic nitrogens is 1. The molecule has 0 radical (unpaired) electrons. The van der Waals surface area contributed by atoms with Crippen molar-refractivity contribution >= 4 is 24.0 Å². The van der Waals surface area contributed by atoms with Crippen molar-refractivity contribution in [1.29, 1.82) is 0 Å². The molecular weight excluding hydrogens is 249 g/mol. The molecule has 0 unspecified atom stereocenters. The van der Waals surface area contributed by atoms with Crippen LogP contribution in [-0.4, -0.2) is 29.9 Å². The zero-order chi connectivity index (χ0) is 19.5. The van der Waals surface area contributed by atoms with E-state index in [0.29, 0.717) is 5.59 Å². The van der Waals surface area contributed by atoms with Gasteiger partial charge < -0.3 is 14.0 Å². The van der Waals surface area contributed by atoms with Crippen LogP contribution in [-0.2, 0) is 9.31 Å². The summed E-state index contributed by atoms with van der Waals surface area (Å²) in [5, 5.41) is 1.33. The highest BCUT2D eigenvalue weighted by Gasteiger charge is 2.52. The molecule has 0 amide bonds. The van der Waals surface area contributed by atoms with Crippen molar-refractivity contribution < 1.29 is 23.6 Å². The van der Waals surface area contributed by atoms with Gasteiger partial charge in [0.25, 0.3) is 5.19 Å². The van der Waals surface area contributed by atoms with Crippen molar-refractivity contribution in [2.75, 3.05) is 6.56 Å². The second kappa shape index (κ2) is 4.83. The largest absolute Gasteiger partial charge is 0.515 e. The monoisotopic (exact) mass is 276 g/mol. The molecular formula is C12H20BNO3S. The second-order valence-corrected chi connectivity index (χ2v) is 5.78. The lowest BCUT2D eigenvalue weighted by Crippen LogP contribution is -2.41. The molecule has 1 aliphatic rings. The number of hydrogen-bond acceptors (Lipinski definition) is 5. The first-order chi connectivity index (χ1) is 11.0. The molecule has 1 fully saturated rings. The van der Waals surface area contributed by atoms with Crippen molar-refractivity contribution in [2.45, 2.75) is 52.1 Å². The molecule has 0 aliphatic carbocycles. The van der Waals surface area contributed by atoms with Gasteiger partial charge in [0, 0.05) is 12.2 Å². The quantitative estimate of drug-likeness (QED) is 0.791. The molecule has 18 heavy (non-hydrogen) atoms. The van der Waals surface area contributed by atoms with E-state index in [2.05, 4.69) is 4.98 Å². The molecule has 0 N–H and O–H groups in total. The van der Waals surface area contributed by atoms with Gasteiger partial charge in [-0.1, -0.05) is 18.2 Å². The molecule has 6 heteroatoms. The summed E-state index contributed by atoms with van der Waals surface area (Å²) in [7, 11) is -0.774. The Morgan fingerprint density at radius 2 is 2.11 bits per heavy atom. The maximum atomic E-state index is 7.68. The lowest BCUT2D eigenvalue weighted by atomic mass is 9.86. The Bertz CT molecular complexity index is 631. The van der Waals surface area contributed by atoms with E-state index >= 15 is 0 Å². The van der Waals surface area contributed by atoms with Gasteiger partial charge in [-0.05, 0) is 34.1 Å². The summed E-state index contributed by atoms with van der Waals surface area (Å²) in [6, 6.07) is 0. The summed E-state index contributed by atoms with van der Waals surface area (Å²) in [6.45, 7) is 1.22. The maximum Gasteiger partial charge on any atom is 0.515 e. The van der Waals surface area contributed by atoms with Gasteiger partial charge in [0.15, 0.2) is 0 Å². The highest BCUT2D eigenvalue weighted by atomic mass is 32.1. The minimum atomic E-state index is -3.21. The van der Waals surface area contributed by atoms with Crippen LogP contribution in [0.1, 0.15) is 50.5 Å². The highest BCUT2D eigenvalue weighted by Crippen LogP contribution is 2.36. The molecule has 1 aromatic rings. The molecule has 100 valence electrons. The normalized spacial score (nSPS) is 29.3. The summed E-state index contributed by atoms with van der Waals surface area (Å²) < 4.78 is 68.5. The first kappa shape index (κ1) is 7.26. The average molecular weight is 276 g/mol. The van der Waals surface area contributed by atoms with Gasteiger partial charge in [-0.15, -0.1) is 0 Å². The number of ether oxygens (including phenoxy) is 1. The number of rotatable bonds is 4. The highest BCUT2D eigenvalue weighted by molar-refractivity contribution is 7.12. The van der Waals surface area contributed by atoms with E-state index in [0.717, 1.165) is 11.3 Å². The van der Waals surface area contributed by atoms with Gasteiger partial charge in [0.1, 0.15) is 0 Å². The van der Waals surface area contributed by atoms with E-state index in [9.17, 15) is 0 Å². The standard InChI is InChI=1S/C12H20BNO3S/c1-6-7-15-10-14-9(8-18-10)13-16-11(2,3)12(4,5)17-13/h8H,6-7H2,1-5H3/i1D3,6D2,7D2. The van der Waals surface area contributed by atoms with E-state index in [1.807, 2.05) is 27.7 Å². The van der Waals surface area contributed by atoms with E-state index in [1.165, 1.54) is 0 Å². The predicted molar refractivity (Wildman–Crippen MR) is 73.6 cm³/mol.